The number of benzene rings is 1. The summed E-state index contributed by atoms with van der Waals surface area (Å²) >= 11 is 5.78. The molecule has 22 heavy (non-hydrogen) atoms. The molecule has 0 atom stereocenters. The number of anilines is 1. The number of urea groups is 1. The summed E-state index contributed by atoms with van der Waals surface area (Å²) in [5, 5.41) is 6.20. The molecule has 1 aliphatic heterocycles. The normalized spacial score (nSPS) is 17.2. The van der Waals surface area contributed by atoms with Crippen LogP contribution in [0.1, 0.15) is 19.8 Å². The Morgan fingerprint density at radius 2 is 1.86 bits per heavy atom. The molecule has 8 heteroatoms. The summed E-state index contributed by atoms with van der Waals surface area (Å²) < 4.78 is 25.0. The zero-order chi connectivity index (χ0) is 16.2. The molecule has 1 aliphatic rings. The van der Waals surface area contributed by atoms with E-state index in [0.29, 0.717) is 36.6 Å². The van der Waals surface area contributed by atoms with Gasteiger partial charge in [-0.15, -0.1) is 0 Å². The lowest BCUT2D eigenvalue weighted by Crippen LogP contribution is -2.47. The van der Waals surface area contributed by atoms with Crippen LogP contribution in [0.5, 0.6) is 0 Å². The smallest absolute Gasteiger partial charge is 0.319 e. The SMILES string of the molecule is CCS(=O)(=O)N1CCC(NC(=O)Nc2ccc(Cl)cc2)CC1. The lowest BCUT2D eigenvalue weighted by Gasteiger charge is -2.31. The molecule has 1 fully saturated rings. The number of nitrogens with zero attached hydrogens (tertiary/aromatic N) is 1. The Balaban J connectivity index is 1.80. The van der Waals surface area contributed by atoms with Crippen molar-refractivity contribution in [1.29, 1.82) is 0 Å². The van der Waals surface area contributed by atoms with Crippen molar-refractivity contribution in [2.24, 2.45) is 0 Å². The molecule has 122 valence electrons. The highest BCUT2D eigenvalue weighted by Gasteiger charge is 2.27. The van der Waals surface area contributed by atoms with Gasteiger partial charge in [-0.1, -0.05) is 11.6 Å². The van der Waals surface area contributed by atoms with Gasteiger partial charge in [-0.3, -0.25) is 0 Å². The largest absolute Gasteiger partial charge is 0.335 e. The molecular weight excluding hydrogens is 326 g/mol. The molecule has 1 saturated heterocycles. The van der Waals surface area contributed by atoms with Crippen LogP contribution in [-0.4, -0.2) is 43.6 Å². The molecule has 0 radical (unpaired) electrons. The highest BCUT2D eigenvalue weighted by Crippen LogP contribution is 2.16. The van der Waals surface area contributed by atoms with Gasteiger partial charge in [0.1, 0.15) is 0 Å². The molecule has 1 aromatic rings. The Labute approximate surface area is 135 Å². The first-order valence-corrected chi connectivity index (χ1v) is 9.20. The number of hydrogen-bond acceptors (Lipinski definition) is 3. The van der Waals surface area contributed by atoms with Crippen molar-refractivity contribution in [3.05, 3.63) is 29.3 Å². The minimum atomic E-state index is -3.13. The monoisotopic (exact) mass is 345 g/mol. The van der Waals surface area contributed by atoms with Gasteiger partial charge >= 0.3 is 6.03 Å². The van der Waals surface area contributed by atoms with Gasteiger partial charge in [-0.05, 0) is 44.0 Å². The van der Waals surface area contributed by atoms with E-state index in [9.17, 15) is 13.2 Å². The number of carbonyl (C=O) groups is 1. The number of amides is 2. The Morgan fingerprint density at radius 1 is 1.27 bits per heavy atom. The quantitative estimate of drug-likeness (QED) is 0.878. The van der Waals surface area contributed by atoms with Gasteiger partial charge in [0, 0.05) is 29.8 Å². The fourth-order valence-corrected chi connectivity index (χ4v) is 3.60. The van der Waals surface area contributed by atoms with Crippen molar-refractivity contribution in [3.8, 4) is 0 Å². The second-order valence-corrected chi connectivity index (χ2v) is 7.87. The highest BCUT2D eigenvalue weighted by molar-refractivity contribution is 7.89. The van der Waals surface area contributed by atoms with Crippen molar-refractivity contribution in [1.82, 2.24) is 9.62 Å². The Hall–Kier alpha value is -1.31. The summed E-state index contributed by atoms with van der Waals surface area (Å²) in [6.07, 6.45) is 1.24. The first-order valence-electron chi connectivity index (χ1n) is 7.21. The van der Waals surface area contributed by atoms with Crippen LogP contribution < -0.4 is 10.6 Å². The number of carbonyl (C=O) groups excluding carboxylic acids is 1. The third-order valence-electron chi connectivity index (χ3n) is 3.65. The van der Waals surface area contributed by atoms with Crippen LogP contribution in [-0.2, 0) is 10.0 Å². The summed E-state index contributed by atoms with van der Waals surface area (Å²) in [6, 6.07) is 6.53. The van der Waals surface area contributed by atoms with E-state index in [0.717, 1.165) is 0 Å². The lowest BCUT2D eigenvalue weighted by atomic mass is 10.1. The summed E-state index contributed by atoms with van der Waals surface area (Å²) in [5.41, 5.74) is 0.660. The highest BCUT2D eigenvalue weighted by atomic mass is 35.5. The van der Waals surface area contributed by atoms with Gasteiger partial charge in [0.2, 0.25) is 10.0 Å². The Morgan fingerprint density at radius 3 is 2.41 bits per heavy atom. The van der Waals surface area contributed by atoms with Crippen molar-refractivity contribution < 1.29 is 13.2 Å². The molecule has 0 spiro atoms. The van der Waals surface area contributed by atoms with E-state index in [4.69, 9.17) is 11.6 Å². The fraction of sp³-hybridized carbons (Fsp3) is 0.500. The first-order chi connectivity index (χ1) is 10.4. The van der Waals surface area contributed by atoms with E-state index in [1.54, 1.807) is 31.2 Å². The Kier molecular flexibility index (Phi) is 5.66. The minimum Gasteiger partial charge on any atom is -0.335 e. The van der Waals surface area contributed by atoms with E-state index in [1.165, 1.54) is 4.31 Å². The summed E-state index contributed by atoms with van der Waals surface area (Å²) in [7, 11) is -3.13. The predicted octanol–water partition coefficient (Wildman–Crippen LogP) is 2.28. The van der Waals surface area contributed by atoms with Crippen LogP contribution in [0.3, 0.4) is 0 Å². The molecule has 6 nitrogen and oxygen atoms in total. The van der Waals surface area contributed by atoms with Gasteiger partial charge in [0.25, 0.3) is 0 Å². The van der Waals surface area contributed by atoms with Gasteiger partial charge < -0.3 is 10.6 Å². The number of rotatable bonds is 4. The first kappa shape index (κ1) is 17.1. The molecule has 2 rings (SSSR count). The summed E-state index contributed by atoms with van der Waals surface area (Å²) in [5.74, 6) is 0.113. The van der Waals surface area contributed by atoms with Crippen LogP contribution in [0.4, 0.5) is 10.5 Å². The number of nitrogens with one attached hydrogen (secondary N) is 2. The molecule has 2 amide bonds. The van der Waals surface area contributed by atoms with Crippen LogP contribution in [0, 0.1) is 0 Å². The maximum Gasteiger partial charge on any atom is 0.319 e. The van der Waals surface area contributed by atoms with Gasteiger partial charge in [-0.2, -0.15) is 0 Å². The average molecular weight is 346 g/mol. The maximum atomic E-state index is 11.9. The molecule has 1 heterocycles. The summed E-state index contributed by atoms with van der Waals surface area (Å²) in [6.45, 7) is 2.53. The van der Waals surface area contributed by atoms with Crippen molar-refractivity contribution in [2.45, 2.75) is 25.8 Å². The van der Waals surface area contributed by atoms with Gasteiger partial charge in [0.15, 0.2) is 0 Å². The molecule has 0 unspecified atom stereocenters. The number of sulfonamides is 1. The molecule has 0 bridgehead atoms. The molecule has 1 aromatic carbocycles. The molecular formula is C14H20ClN3O3S. The van der Waals surface area contributed by atoms with Crippen molar-refractivity contribution >= 4 is 33.3 Å². The second kappa shape index (κ2) is 7.30. The summed E-state index contributed by atoms with van der Waals surface area (Å²) in [4.78, 5) is 11.9. The second-order valence-electron chi connectivity index (χ2n) is 5.18. The van der Waals surface area contributed by atoms with E-state index in [1.807, 2.05) is 0 Å². The molecule has 0 aliphatic carbocycles. The maximum absolute atomic E-state index is 11.9. The van der Waals surface area contributed by atoms with Crippen LogP contribution in [0.25, 0.3) is 0 Å². The standard InChI is InChI=1S/C14H20ClN3O3S/c1-2-22(20,21)18-9-7-13(8-10-18)17-14(19)16-12-5-3-11(15)4-6-12/h3-6,13H,2,7-10H2,1H3,(H2,16,17,19). The third-order valence-corrected chi connectivity index (χ3v) is 5.78. The van der Waals surface area contributed by atoms with E-state index >= 15 is 0 Å². The molecule has 0 aromatic heterocycles. The number of halogens is 1. The van der Waals surface area contributed by atoms with Gasteiger partial charge in [-0.25, -0.2) is 17.5 Å². The van der Waals surface area contributed by atoms with E-state index in [-0.39, 0.29) is 17.8 Å². The van der Waals surface area contributed by atoms with E-state index in [2.05, 4.69) is 10.6 Å². The molecule has 0 saturated carbocycles. The van der Waals surface area contributed by atoms with Crippen LogP contribution in [0.15, 0.2) is 24.3 Å². The molecule has 2 N–H and O–H groups in total. The third kappa shape index (κ3) is 4.59. The minimum absolute atomic E-state index is 0.0180. The zero-order valence-electron chi connectivity index (χ0n) is 12.4. The van der Waals surface area contributed by atoms with Crippen molar-refractivity contribution in [3.63, 3.8) is 0 Å². The Bertz CT molecular complexity index is 611. The fourth-order valence-electron chi connectivity index (χ4n) is 2.35. The number of piperidine rings is 1. The van der Waals surface area contributed by atoms with Gasteiger partial charge in [0.05, 0.1) is 5.75 Å². The van der Waals surface area contributed by atoms with Crippen LogP contribution in [0.2, 0.25) is 5.02 Å². The van der Waals surface area contributed by atoms with Crippen molar-refractivity contribution in [2.75, 3.05) is 24.2 Å². The predicted molar refractivity (Wildman–Crippen MR) is 87.7 cm³/mol. The average Bonchev–Trinajstić information content (AvgIpc) is 2.50. The topological polar surface area (TPSA) is 78.5 Å². The van der Waals surface area contributed by atoms with E-state index < -0.39 is 10.0 Å². The zero-order valence-corrected chi connectivity index (χ0v) is 14.0. The lowest BCUT2D eigenvalue weighted by molar-refractivity contribution is 0.238. The van der Waals surface area contributed by atoms with Crippen LogP contribution >= 0.6 is 11.6 Å². The number of hydrogen-bond donors (Lipinski definition) is 2.